The molecule has 1 unspecified atom stereocenters. The van der Waals surface area contributed by atoms with Crippen LogP contribution in [0.3, 0.4) is 0 Å². The number of hydrogen-bond donors (Lipinski definition) is 1. The average molecular weight is 408 g/mol. The predicted octanol–water partition coefficient (Wildman–Crippen LogP) is 2.82. The van der Waals surface area contributed by atoms with Crippen molar-refractivity contribution in [2.24, 2.45) is 7.05 Å². The number of nitrogens with one attached hydrogen (secondary N) is 1. The fourth-order valence-corrected chi connectivity index (χ4v) is 5.45. The van der Waals surface area contributed by atoms with E-state index >= 15 is 0 Å². The van der Waals surface area contributed by atoms with Crippen LogP contribution in [0, 0.1) is 6.92 Å². The minimum atomic E-state index is 0.227. The Hall–Kier alpha value is -2.18. The lowest BCUT2D eigenvalue weighted by Gasteiger charge is -2.32. The Balaban J connectivity index is 1.22. The Labute approximate surface area is 179 Å². The number of piperidine rings is 2. The quantitative estimate of drug-likeness (QED) is 0.847. The van der Waals surface area contributed by atoms with Crippen LogP contribution in [0.2, 0.25) is 0 Å². The molecule has 0 spiro atoms. The highest BCUT2D eigenvalue weighted by Crippen LogP contribution is 2.33. The molecule has 2 saturated heterocycles. The minimum absolute atomic E-state index is 0.227. The highest BCUT2D eigenvalue weighted by molar-refractivity contribution is 5.98. The van der Waals surface area contributed by atoms with Gasteiger partial charge in [0, 0.05) is 37.9 Å². The minimum Gasteiger partial charge on any atom is -0.337 e. The topological polar surface area (TPSA) is 53.4 Å². The lowest BCUT2D eigenvalue weighted by Crippen LogP contribution is -2.46. The van der Waals surface area contributed by atoms with Crippen molar-refractivity contribution in [3.8, 4) is 0 Å². The van der Waals surface area contributed by atoms with Gasteiger partial charge in [-0.1, -0.05) is 12.1 Å². The molecule has 1 aromatic heterocycles. The Morgan fingerprint density at radius 3 is 2.73 bits per heavy atom. The van der Waals surface area contributed by atoms with Crippen molar-refractivity contribution < 1.29 is 4.79 Å². The molecule has 0 aliphatic carbocycles. The molecule has 6 nitrogen and oxygen atoms in total. The molecular formula is C24H33N5O. The van der Waals surface area contributed by atoms with E-state index in [9.17, 15) is 4.79 Å². The fraction of sp³-hybridized carbons (Fsp3) is 0.583. The summed E-state index contributed by atoms with van der Waals surface area (Å²) in [5.74, 6) is 1.97. The molecular weight excluding hydrogens is 374 g/mol. The zero-order valence-corrected chi connectivity index (χ0v) is 18.2. The van der Waals surface area contributed by atoms with Gasteiger partial charge in [0.1, 0.15) is 5.82 Å². The van der Waals surface area contributed by atoms with E-state index in [1.807, 2.05) is 0 Å². The van der Waals surface area contributed by atoms with Crippen molar-refractivity contribution in [2.75, 3.05) is 26.2 Å². The number of aryl methyl sites for hydroxylation is 2. The van der Waals surface area contributed by atoms with E-state index in [2.05, 4.69) is 63.0 Å². The third-order valence-corrected chi connectivity index (χ3v) is 7.19. The number of nitrogens with zero attached hydrogens (tertiary/aromatic N) is 4. The second-order valence-corrected chi connectivity index (χ2v) is 9.31. The van der Waals surface area contributed by atoms with E-state index in [4.69, 9.17) is 0 Å². The van der Waals surface area contributed by atoms with Gasteiger partial charge < -0.3 is 14.8 Å². The first-order chi connectivity index (χ1) is 14.6. The SMILES string of the molecule is Cc1cn(C)c(CN2CCC(c3ccc4c(c3)CN(C3CCCNC3)C4=O)CC2)n1. The first-order valence-corrected chi connectivity index (χ1v) is 11.4. The van der Waals surface area contributed by atoms with Crippen LogP contribution in [0.1, 0.15) is 64.6 Å². The van der Waals surface area contributed by atoms with Crippen LogP contribution in [0.25, 0.3) is 0 Å². The van der Waals surface area contributed by atoms with E-state index in [1.54, 1.807) is 0 Å². The Morgan fingerprint density at radius 1 is 1.20 bits per heavy atom. The number of likely N-dealkylation sites (tertiary alicyclic amines) is 1. The smallest absolute Gasteiger partial charge is 0.254 e. The maximum Gasteiger partial charge on any atom is 0.254 e. The predicted molar refractivity (Wildman–Crippen MR) is 117 cm³/mol. The Kier molecular flexibility index (Phi) is 5.37. The number of hydrogen-bond acceptors (Lipinski definition) is 4. The average Bonchev–Trinajstić information content (AvgIpc) is 3.27. The van der Waals surface area contributed by atoms with Gasteiger partial charge in [0.15, 0.2) is 0 Å². The van der Waals surface area contributed by atoms with Crippen LogP contribution >= 0.6 is 0 Å². The number of carbonyl (C=O) groups is 1. The number of aromatic nitrogens is 2. The van der Waals surface area contributed by atoms with E-state index in [0.717, 1.165) is 69.2 Å². The van der Waals surface area contributed by atoms with Crippen molar-refractivity contribution in [3.63, 3.8) is 0 Å². The summed E-state index contributed by atoms with van der Waals surface area (Å²) in [5.41, 5.74) is 4.66. The van der Waals surface area contributed by atoms with Crippen LogP contribution in [0.15, 0.2) is 24.4 Å². The van der Waals surface area contributed by atoms with Crippen molar-refractivity contribution in [3.05, 3.63) is 52.6 Å². The third kappa shape index (κ3) is 3.79. The molecule has 3 aliphatic heterocycles. The van der Waals surface area contributed by atoms with E-state index in [-0.39, 0.29) is 5.91 Å². The molecule has 3 aliphatic rings. The summed E-state index contributed by atoms with van der Waals surface area (Å²) >= 11 is 0. The van der Waals surface area contributed by atoms with Crippen LogP contribution < -0.4 is 5.32 Å². The van der Waals surface area contributed by atoms with Crippen LogP contribution in [0.5, 0.6) is 0 Å². The summed E-state index contributed by atoms with van der Waals surface area (Å²) < 4.78 is 2.15. The van der Waals surface area contributed by atoms with Crippen LogP contribution in [-0.4, -0.2) is 57.5 Å². The van der Waals surface area contributed by atoms with Gasteiger partial charge in [0.25, 0.3) is 5.91 Å². The molecule has 4 heterocycles. The Bertz CT molecular complexity index is 922. The molecule has 2 fully saturated rings. The van der Waals surface area contributed by atoms with Gasteiger partial charge in [0.2, 0.25) is 0 Å². The molecule has 1 aromatic carbocycles. The maximum atomic E-state index is 12.9. The van der Waals surface area contributed by atoms with Gasteiger partial charge in [0.05, 0.1) is 12.2 Å². The van der Waals surface area contributed by atoms with E-state index < -0.39 is 0 Å². The lowest BCUT2D eigenvalue weighted by molar-refractivity contribution is 0.0674. The molecule has 1 atom stereocenters. The molecule has 0 saturated carbocycles. The number of imidazole rings is 1. The number of fused-ring (bicyclic) bond motifs is 1. The van der Waals surface area contributed by atoms with E-state index in [0.29, 0.717) is 12.0 Å². The zero-order chi connectivity index (χ0) is 20.7. The summed E-state index contributed by atoms with van der Waals surface area (Å²) in [6.07, 6.45) is 6.72. The normalized spacial score (nSPS) is 23.2. The largest absolute Gasteiger partial charge is 0.337 e. The fourth-order valence-electron chi connectivity index (χ4n) is 5.45. The van der Waals surface area contributed by atoms with Gasteiger partial charge in [-0.05, 0) is 75.4 Å². The molecule has 6 heteroatoms. The first-order valence-electron chi connectivity index (χ1n) is 11.4. The van der Waals surface area contributed by atoms with Crippen molar-refractivity contribution >= 4 is 5.91 Å². The second-order valence-electron chi connectivity index (χ2n) is 9.31. The third-order valence-electron chi connectivity index (χ3n) is 7.19. The zero-order valence-electron chi connectivity index (χ0n) is 18.2. The molecule has 1 N–H and O–H groups in total. The van der Waals surface area contributed by atoms with Gasteiger partial charge >= 0.3 is 0 Å². The summed E-state index contributed by atoms with van der Waals surface area (Å²) in [5, 5.41) is 3.44. The molecule has 2 aromatic rings. The van der Waals surface area contributed by atoms with Crippen LogP contribution in [-0.2, 0) is 20.1 Å². The number of amides is 1. The first kappa shape index (κ1) is 19.8. The molecule has 30 heavy (non-hydrogen) atoms. The molecule has 1 amide bonds. The van der Waals surface area contributed by atoms with Gasteiger partial charge in [-0.25, -0.2) is 4.98 Å². The number of rotatable bonds is 4. The summed E-state index contributed by atoms with van der Waals surface area (Å²) in [6.45, 7) is 7.99. The van der Waals surface area contributed by atoms with Gasteiger partial charge in [-0.2, -0.15) is 0 Å². The summed E-state index contributed by atoms with van der Waals surface area (Å²) in [6, 6.07) is 6.97. The highest BCUT2D eigenvalue weighted by atomic mass is 16.2. The molecule has 0 radical (unpaired) electrons. The molecule has 0 bridgehead atoms. The lowest BCUT2D eigenvalue weighted by atomic mass is 9.88. The monoisotopic (exact) mass is 407 g/mol. The van der Waals surface area contributed by atoms with Gasteiger partial charge in [-0.3, -0.25) is 9.69 Å². The highest BCUT2D eigenvalue weighted by Gasteiger charge is 2.34. The number of carbonyl (C=O) groups excluding carboxylic acids is 1. The van der Waals surface area contributed by atoms with Crippen LogP contribution in [0.4, 0.5) is 0 Å². The van der Waals surface area contributed by atoms with Crippen molar-refractivity contribution in [2.45, 2.75) is 57.7 Å². The van der Waals surface area contributed by atoms with E-state index in [1.165, 1.54) is 24.0 Å². The standard InChI is InChI=1S/C24H33N5O/c1-17-14-27(2)23(26-17)16-28-10-7-18(8-11-28)19-5-6-22-20(12-19)15-29(24(22)30)21-4-3-9-25-13-21/h5-6,12,14,18,21,25H,3-4,7-11,13,15-16H2,1-2H3. The maximum absolute atomic E-state index is 12.9. The second kappa shape index (κ2) is 8.16. The number of benzene rings is 1. The molecule has 5 rings (SSSR count). The van der Waals surface area contributed by atoms with Gasteiger partial charge in [-0.15, -0.1) is 0 Å². The van der Waals surface area contributed by atoms with Crippen molar-refractivity contribution in [1.29, 1.82) is 0 Å². The Morgan fingerprint density at radius 2 is 2.03 bits per heavy atom. The summed E-state index contributed by atoms with van der Waals surface area (Å²) in [7, 11) is 2.08. The summed E-state index contributed by atoms with van der Waals surface area (Å²) in [4.78, 5) is 22.2. The van der Waals surface area contributed by atoms with Crippen molar-refractivity contribution in [1.82, 2.24) is 24.7 Å². The molecule has 160 valence electrons.